The van der Waals surface area contributed by atoms with Gasteiger partial charge < -0.3 is 14.8 Å². The fourth-order valence-corrected chi connectivity index (χ4v) is 1.42. The molecule has 0 bridgehead atoms. The summed E-state index contributed by atoms with van der Waals surface area (Å²) in [5, 5.41) is 18.1. The van der Waals surface area contributed by atoms with Gasteiger partial charge in [0.2, 0.25) is 0 Å². The van der Waals surface area contributed by atoms with Crippen LogP contribution in [0.3, 0.4) is 0 Å². The van der Waals surface area contributed by atoms with Crippen LogP contribution >= 0.6 is 11.6 Å². The van der Waals surface area contributed by atoms with Gasteiger partial charge in [-0.2, -0.15) is 13.2 Å². The predicted molar refractivity (Wildman–Crippen MR) is 62.1 cm³/mol. The van der Waals surface area contributed by atoms with Crippen LogP contribution in [-0.4, -0.2) is 29.9 Å². The summed E-state index contributed by atoms with van der Waals surface area (Å²) >= 11 is 5.76. The van der Waals surface area contributed by atoms with Gasteiger partial charge in [-0.15, -0.1) is 0 Å². The van der Waals surface area contributed by atoms with Crippen molar-refractivity contribution in [3.05, 3.63) is 23.2 Å². The van der Waals surface area contributed by atoms with E-state index in [0.29, 0.717) is 0 Å². The number of halogens is 4. The fraction of sp³-hybridized carbons (Fsp3) is 0.400. The van der Waals surface area contributed by atoms with Crippen LogP contribution in [0.2, 0.25) is 5.02 Å². The molecule has 0 saturated carbocycles. The largest absolute Gasteiger partial charge is 0.492 e. The minimum atomic E-state index is -4.21. The molecular weight excluding hydrogens is 271 g/mol. The van der Waals surface area contributed by atoms with Crippen LogP contribution < -0.4 is 10.2 Å². The minimum Gasteiger partial charge on any atom is -0.492 e. The predicted octanol–water partition coefficient (Wildman–Crippen LogP) is 1.74. The van der Waals surface area contributed by atoms with E-state index in [1.807, 2.05) is 0 Å². The normalized spacial score (nSPS) is 11.4. The zero-order valence-corrected chi connectivity index (χ0v) is 10.0. The molecule has 0 radical (unpaired) electrons. The average molecular weight is 282 g/mol. The number of alkyl halides is 3. The third-order valence-electron chi connectivity index (χ3n) is 2.12. The summed E-state index contributed by atoms with van der Waals surface area (Å²) in [4.78, 5) is 0. The van der Waals surface area contributed by atoms with Crippen molar-refractivity contribution in [2.75, 3.05) is 6.61 Å². The highest BCUT2D eigenvalue weighted by Gasteiger charge is 2.26. The van der Waals surface area contributed by atoms with Gasteiger partial charge >= 0.3 is 13.3 Å². The molecule has 8 heteroatoms. The number of rotatable bonds is 5. The molecule has 2 N–H and O–H groups in total. The lowest BCUT2D eigenvalue weighted by molar-refractivity contribution is -0.136. The molecule has 1 rings (SSSR count). The van der Waals surface area contributed by atoms with Gasteiger partial charge in [0.1, 0.15) is 5.75 Å². The smallest absolute Gasteiger partial charge is 0.488 e. The van der Waals surface area contributed by atoms with Crippen LogP contribution in [0.15, 0.2) is 18.2 Å². The Balaban J connectivity index is 2.54. The van der Waals surface area contributed by atoms with Gasteiger partial charge in [-0.3, -0.25) is 0 Å². The third kappa shape index (κ3) is 5.16. The van der Waals surface area contributed by atoms with Crippen molar-refractivity contribution < 1.29 is 28.0 Å². The van der Waals surface area contributed by atoms with Gasteiger partial charge in [0, 0.05) is 6.42 Å². The van der Waals surface area contributed by atoms with Crippen LogP contribution in [0.1, 0.15) is 12.8 Å². The molecule has 0 saturated heterocycles. The molecule has 0 aliphatic heterocycles. The molecule has 0 amide bonds. The van der Waals surface area contributed by atoms with Crippen LogP contribution in [0.4, 0.5) is 13.2 Å². The second-order valence-electron chi connectivity index (χ2n) is 3.63. The zero-order valence-electron chi connectivity index (χ0n) is 9.25. The Morgan fingerprint density at radius 3 is 2.50 bits per heavy atom. The molecular formula is C10H11BClF3O3. The van der Waals surface area contributed by atoms with E-state index < -0.39 is 19.7 Å². The van der Waals surface area contributed by atoms with Crippen molar-refractivity contribution in [2.24, 2.45) is 0 Å². The van der Waals surface area contributed by atoms with Gasteiger partial charge in [-0.05, 0) is 24.0 Å². The fourth-order valence-electron chi connectivity index (χ4n) is 1.25. The quantitative estimate of drug-likeness (QED) is 0.639. The lowest BCUT2D eigenvalue weighted by Gasteiger charge is -2.10. The molecule has 0 atom stereocenters. The molecule has 0 aliphatic rings. The van der Waals surface area contributed by atoms with Gasteiger partial charge in [0.15, 0.2) is 0 Å². The van der Waals surface area contributed by atoms with Crippen LogP contribution in [-0.2, 0) is 0 Å². The molecule has 0 fully saturated rings. The Labute approximate surface area is 107 Å². The minimum absolute atomic E-state index is 0.129. The summed E-state index contributed by atoms with van der Waals surface area (Å²) in [5.41, 5.74) is 0.158. The number of hydrogen-bond acceptors (Lipinski definition) is 3. The molecule has 100 valence electrons. The van der Waals surface area contributed by atoms with E-state index in [9.17, 15) is 13.2 Å². The van der Waals surface area contributed by atoms with E-state index in [1.165, 1.54) is 18.2 Å². The molecule has 0 aromatic heterocycles. The standard InChI is InChI=1S/C10H11BClF3O3/c12-8-3-2-7(11(16)17)6-9(8)18-5-1-4-10(13,14)15/h2-3,6,16-17H,1,4-5H2. The Morgan fingerprint density at radius 1 is 1.28 bits per heavy atom. The summed E-state index contributed by atoms with van der Waals surface area (Å²) in [6.45, 7) is -0.149. The summed E-state index contributed by atoms with van der Waals surface area (Å²) < 4.78 is 40.7. The Bertz CT molecular complexity index is 398. The highest BCUT2D eigenvalue weighted by molar-refractivity contribution is 6.58. The first-order valence-electron chi connectivity index (χ1n) is 5.15. The molecule has 1 aromatic rings. The molecule has 0 unspecified atom stereocenters. The molecule has 0 spiro atoms. The summed E-state index contributed by atoms with van der Waals surface area (Å²) in [5.74, 6) is 0.129. The maximum Gasteiger partial charge on any atom is 0.488 e. The van der Waals surface area contributed by atoms with E-state index in [4.69, 9.17) is 26.4 Å². The van der Waals surface area contributed by atoms with E-state index in [0.717, 1.165) is 0 Å². The SMILES string of the molecule is OB(O)c1ccc(Cl)c(OCCCC(F)(F)F)c1. The zero-order chi connectivity index (χ0) is 13.8. The highest BCUT2D eigenvalue weighted by Crippen LogP contribution is 2.24. The number of hydrogen-bond donors (Lipinski definition) is 2. The lowest BCUT2D eigenvalue weighted by atomic mass is 9.80. The number of ether oxygens (including phenoxy) is 1. The highest BCUT2D eigenvalue weighted by atomic mass is 35.5. The third-order valence-corrected chi connectivity index (χ3v) is 2.43. The van der Waals surface area contributed by atoms with E-state index >= 15 is 0 Å². The van der Waals surface area contributed by atoms with Crippen molar-refractivity contribution in [3.63, 3.8) is 0 Å². The first kappa shape index (κ1) is 15.1. The monoisotopic (exact) mass is 282 g/mol. The first-order valence-corrected chi connectivity index (χ1v) is 5.52. The van der Waals surface area contributed by atoms with Crippen molar-refractivity contribution in [1.29, 1.82) is 0 Å². The summed E-state index contributed by atoms with van der Waals surface area (Å²) in [6.07, 6.45) is -5.34. The maximum atomic E-state index is 11.9. The van der Waals surface area contributed by atoms with E-state index in [1.54, 1.807) is 0 Å². The average Bonchev–Trinajstić information content (AvgIpc) is 2.24. The second kappa shape index (κ2) is 6.31. The second-order valence-corrected chi connectivity index (χ2v) is 4.04. The van der Waals surface area contributed by atoms with Gasteiger partial charge in [0.05, 0.1) is 11.6 Å². The molecule has 18 heavy (non-hydrogen) atoms. The van der Waals surface area contributed by atoms with Crippen molar-refractivity contribution >= 4 is 24.2 Å². The van der Waals surface area contributed by atoms with Crippen molar-refractivity contribution in [3.8, 4) is 5.75 Å². The van der Waals surface area contributed by atoms with Crippen LogP contribution in [0.25, 0.3) is 0 Å². The topological polar surface area (TPSA) is 49.7 Å². The number of benzene rings is 1. The van der Waals surface area contributed by atoms with Crippen molar-refractivity contribution in [2.45, 2.75) is 19.0 Å². The van der Waals surface area contributed by atoms with Crippen LogP contribution in [0.5, 0.6) is 5.75 Å². The Hall–Kier alpha value is -0.915. The Morgan fingerprint density at radius 2 is 1.94 bits per heavy atom. The summed E-state index contributed by atoms with van der Waals surface area (Å²) in [6, 6.07) is 4.05. The first-order chi connectivity index (χ1) is 8.29. The molecule has 1 aromatic carbocycles. The van der Waals surface area contributed by atoms with Gasteiger partial charge in [-0.25, -0.2) is 0 Å². The van der Waals surface area contributed by atoms with Crippen molar-refractivity contribution in [1.82, 2.24) is 0 Å². The van der Waals surface area contributed by atoms with Gasteiger partial charge in [-0.1, -0.05) is 17.7 Å². The maximum absolute atomic E-state index is 11.9. The molecule has 0 heterocycles. The Kier molecular flexibility index (Phi) is 5.31. The lowest BCUT2D eigenvalue weighted by Crippen LogP contribution is -2.29. The molecule has 3 nitrogen and oxygen atoms in total. The van der Waals surface area contributed by atoms with Gasteiger partial charge in [0.25, 0.3) is 0 Å². The van der Waals surface area contributed by atoms with E-state index in [2.05, 4.69) is 0 Å². The molecule has 0 aliphatic carbocycles. The van der Waals surface area contributed by atoms with E-state index in [-0.39, 0.29) is 29.3 Å². The van der Waals surface area contributed by atoms with Crippen LogP contribution in [0, 0.1) is 0 Å². The summed E-state index contributed by atoms with van der Waals surface area (Å²) in [7, 11) is -1.68.